The Bertz CT molecular complexity index is 754. The Balaban J connectivity index is 2.10. The predicted octanol–water partition coefficient (Wildman–Crippen LogP) is 3.37. The van der Waals surface area contributed by atoms with E-state index in [9.17, 15) is 0 Å². The third-order valence-corrected chi connectivity index (χ3v) is 3.86. The molecular weight excluding hydrogens is 258 g/mol. The molecule has 0 aliphatic rings. The molecule has 2 N–H and O–H groups in total. The second-order valence-electron chi connectivity index (χ2n) is 5.43. The van der Waals surface area contributed by atoms with Gasteiger partial charge in [-0.2, -0.15) is 0 Å². The van der Waals surface area contributed by atoms with Gasteiger partial charge in [0.05, 0.1) is 11.4 Å². The largest absolute Gasteiger partial charge is 0.330 e. The molecule has 0 saturated carbocycles. The molecule has 0 amide bonds. The van der Waals surface area contributed by atoms with E-state index in [1.165, 1.54) is 22.4 Å². The number of pyridine rings is 1. The number of nitrogens with two attached hydrogens (primary N) is 1. The van der Waals surface area contributed by atoms with Gasteiger partial charge in [-0.15, -0.1) is 0 Å². The van der Waals surface area contributed by atoms with Gasteiger partial charge in [-0.05, 0) is 43.5 Å². The van der Waals surface area contributed by atoms with Crippen LogP contribution in [-0.4, -0.2) is 15.9 Å². The normalized spacial score (nSPS) is 11.2. The molecule has 0 radical (unpaired) electrons. The number of rotatable bonds is 4. The van der Waals surface area contributed by atoms with Crippen molar-refractivity contribution in [1.29, 1.82) is 0 Å². The van der Waals surface area contributed by atoms with Crippen molar-refractivity contribution in [2.45, 2.75) is 26.7 Å². The Morgan fingerprint density at radius 2 is 1.86 bits per heavy atom. The highest BCUT2D eigenvalue weighted by molar-refractivity contribution is 5.67. The van der Waals surface area contributed by atoms with Crippen LogP contribution in [0.25, 0.3) is 16.9 Å². The zero-order valence-electron chi connectivity index (χ0n) is 12.6. The summed E-state index contributed by atoms with van der Waals surface area (Å²) < 4.78 is 2.21. The fraction of sp³-hybridized carbons (Fsp3) is 0.278. The van der Waals surface area contributed by atoms with Gasteiger partial charge in [-0.25, -0.2) is 4.98 Å². The van der Waals surface area contributed by atoms with E-state index in [4.69, 9.17) is 10.7 Å². The van der Waals surface area contributed by atoms with Crippen LogP contribution in [0.2, 0.25) is 0 Å². The molecule has 3 heteroatoms. The van der Waals surface area contributed by atoms with Crippen LogP contribution in [0.3, 0.4) is 0 Å². The van der Waals surface area contributed by atoms with Crippen molar-refractivity contribution in [2.75, 3.05) is 6.54 Å². The van der Waals surface area contributed by atoms with Crippen molar-refractivity contribution < 1.29 is 0 Å². The lowest BCUT2D eigenvalue weighted by atomic mass is 10.1. The second kappa shape index (κ2) is 5.70. The summed E-state index contributed by atoms with van der Waals surface area (Å²) in [6.07, 6.45) is 4.04. The van der Waals surface area contributed by atoms with E-state index in [2.05, 4.69) is 60.8 Å². The molecule has 0 fully saturated rings. The molecule has 0 bridgehead atoms. The zero-order chi connectivity index (χ0) is 14.8. The van der Waals surface area contributed by atoms with Crippen molar-refractivity contribution in [3.05, 3.63) is 59.4 Å². The Morgan fingerprint density at radius 3 is 2.52 bits per heavy atom. The van der Waals surface area contributed by atoms with E-state index in [1.807, 2.05) is 0 Å². The summed E-state index contributed by atoms with van der Waals surface area (Å²) in [5, 5.41) is 0. The van der Waals surface area contributed by atoms with E-state index in [0.29, 0.717) is 6.54 Å². The van der Waals surface area contributed by atoms with E-state index in [1.54, 1.807) is 0 Å². The maximum atomic E-state index is 5.60. The number of fused-ring (bicyclic) bond motifs is 1. The first-order valence-corrected chi connectivity index (χ1v) is 7.50. The maximum Gasteiger partial charge on any atom is 0.137 e. The van der Waals surface area contributed by atoms with Crippen molar-refractivity contribution >= 4 is 5.65 Å². The van der Waals surface area contributed by atoms with Gasteiger partial charge in [-0.3, -0.25) is 0 Å². The molecule has 108 valence electrons. The molecule has 0 saturated heterocycles. The second-order valence-corrected chi connectivity index (χ2v) is 5.43. The fourth-order valence-corrected chi connectivity index (χ4v) is 2.76. The average molecular weight is 279 g/mol. The lowest BCUT2D eigenvalue weighted by Crippen LogP contribution is -2.02. The molecule has 1 aromatic carbocycles. The summed E-state index contributed by atoms with van der Waals surface area (Å²) >= 11 is 0. The van der Waals surface area contributed by atoms with Crippen LogP contribution in [0.1, 0.15) is 23.7 Å². The van der Waals surface area contributed by atoms with Crippen LogP contribution in [0.15, 0.2) is 42.6 Å². The molecule has 0 spiro atoms. The molecular formula is C18H21N3. The molecule has 3 aromatic rings. The first-order valence-electron chi connectivity index (χ1n) is 7.50. The maximum absolute atomic E-state index is 5.60. The third-order valence-electron chi connectivity index (χ3n) is 3.86. The van der Waals surface area contributed by atoms with Crippen LogP contribution in [0, 0.1) is 6.92 Å². The van der Waals surface area contributed by atoms with E-state index in [-0.39, 0.29) is 0 Å². The van der Waals surface area contributed by atoms with Gasteiger partial charge in [0.15, 0.2) is 0 Å². The molecule has 2 heterocycles. The minimum Gasteiger partial charge on any atom is -0.330 e. The van der Waals surface area contributed by atoms with Gasteiger partial charge in [0.25, 0.3) is 0 Å². The first kappa shape index (κ1) is 13.8. The van der Waals surface area contributed by atoms with E-state index >= 15 is 0 Å². The van der Waals surface area contributed by atoms with Gasteiger partial charge in [0.1, 0.15) is 5.65 Å². The number of nitrogens with zero attached hydrogens (tertiary/aromatic N) is 2. The average Bonchev–Trinajstić information content (AvgIpc) is 2.86. The Kier molecular flexibility index (Phi) is 3.76. The highest BCUT2D eigenvalue weighted by atomic mass is 15.0. The molecule has 3 nitrogen and oxygen atoms in total. The van der Waals surface area contributed by atoms with Gasteiger partial charge in [0.2, 0.25) is 0 Å². The molecule has 2 aromatic heterocycles. The van der Waals surface area contributed by atoms with Crippen LogP contribution in [0.5, 0.6) is 0 Å². The van der Waals surface area contributed by atoms with E-state index < -0.39 is 0 Å². The Morgan fingerprint density at radius 1 is 1.10 bits per heavy atom. The van der Waals surface area contributed by atoms with Crippen molar-refractivity contribution in [3.8, 4) is 11.3 Å². The standard InChI is InChI=1S/C18H21N3/c1-3-16-18(15-7-5-14(6-8-15)10-11-19)20-17-9-4-13(2)12-21(16)17/h4-9,12H,3,10-11,19H2,1-2H3. The number of benzene rings is 1. The highest BCUT2D eigenvalue weighted by Gasteiger charge is 2.12. The van der Waals surface area contributed by atoms with Crippen molar-refractivity contribution in [3.63, 3.8) is 0 Å². The highest BCUT2D eigenvalue weighted by Crippen LogP contribution is 2.25. The zero-order valence-corrected chi connectivity index (χ0v) is 12.6. The van der Waals surface area contributed by atoms with E-state index in [0.717, 1.165) is 24.2 Å². The summed E-state index contributed by atoms with van der Waals surface area (Å²) in [4.78, 5) is 4.81. The van der Waals surface area contributed by atoms with Crippen molar-refractivity contribution in [1.82, 2.24) is 9.38 Å². The Labute approximate surface area is 125 Å². The molecule has 0 unspecified atom stereocenters. The smallest absolute Gasteiger partial charge is 0.137 e. The Hall–Kier alpha value is -2.13. The van der Waals surface area contributed by atoms with Crippen LogP contribution in [-0.2, 0) is 12.8 Å². The van der Waals surface area contributed by atoms with Crippen LogP contribution >= 0.6 is 0 Å². The number of hydrogen-bond donors (Lipinski definition) is 1. The number of aryl methyl sites for hydroxylation is 2. The third kappa shape index (κ3) is 2.57. The van der Waals surface area contributed by atoms with Gasteiger partial charge in [0, 0.05) is 11.8 Å². The summed E-state index contributed by atoms with van der Waals surface area (Å²) in [5.41, 5.74) is 12.7. The fourth-order valence-electron chi connectivity index (χ4n) is 2.76. The number of aromatic nitrogens is 2. The SMILES string of the molecule is CCc1c(-c2ccc(CCN)cc2)nc2ccc(C)cn12. The molecule has 21 heavy (non-hydrogen) atoms. The first-order chi connectivity index (χ1) is 10.2. The molecule has 0 aliphatic carbocycles. The van der Waals surface area contributed by atoms with Gasteiger partial charge >= 0.3 is 0 Å². The predicted molar refractivity (Wildman–Crippen MR) is 87.5 cm³/mol. The van der Waals surface area contributed by atoms with Gasteiger partial charge < -0.3 is 10.1 Å². The summed E-state index contributed by atoms with van der Waals surface area (Å²) in [5.74, 6) is 0. The molecule has 3 rings (SSSR count). The summed E-state index contributed by atoms with van der Waals surface area (Å²) in [7, 11) is 0. The van der Waals surface area contributed by atoms with Crippen molar-refractivity contribution in [2.24, 2.45) is 5.73 Å². The lowest BCUT2D eigenvalue weighted by Gasteiger charge is -2.04. The topological polar surface area (TPSA) is 43.3 Å². The summed E-state index contributed by atoms with van der Waals surface area (Å²) in [6.45, 7) is 4.98. The summed E-state index contributed by atoms with van der Waals surface area (Å²) in [6, 6.07) is 12.8. The monoisotopic (exact) mass is 279 g/mol. The molecule has 0 aliphatic heterocycles. The van der Waals surface area contributed by atoms with Crippen LogP contribution < -0.4 is 5.73 Å². The number of imidazole rings is 1. The number of hydrogen-bond acceptors (Lipinski definition) is 2. The lowest BCUT2D eigenvalue weighted by molar-refractivity contribution is 0.968. The minimum atomic E-state index is 0.688. The minimum absolute atomic E-state index is 0.688. The molecule has 0 atom stereocenters. The van der Waals surface area contributed by atoms with Crippen LogP contribution in [0.4, 0.5) is 0 Å². The van der Waals surface area contributed by atoms with Gasteiger partial charge in [-0.1, -0.05) is 37.3 Å². The quantitative estimate of drug-likeness (QED) is 0.795.